The van der Waals surface area contributed by atoms with E-state index in [2.05, 4.69) is 10.4 Å². The van der Waals surface area contributed by atoms with E-state index in [0.717, 1.165) is 48.5 Å². The molecule has 0 radical (unpaired) electrons. The van der Waals surface area contributed by atoms with Gasteiger partial charge in [0.05, 0.1) is 12.3 Å². The van der Waals surface area contributed by atoms with Crippen LogP contribution in [0.25, 0.3) is 11.3 Å². The summed E-state index contributed by atoms with van der Waals surface area (Å²) in [5.74, 6) is 0.404. The van der Waals surface area contributed by atoms with E-state index < -0.39 is 5.79 Å². The standard InChI is InChI=1S/C17H19N3O3/c1-20-16(21)5-3-14(19-20)12-2-4-15-13(10-12)11-22-17(23-15)6-8-18-9-7-17/h2-5,10,18H,6-9,11H2,1H3. The van der Waals surface area contributed by atoms with Crippen molar-refractivity contribution in [3.05, 3.63) is 46.2 Å². The zero-order valence-electron chi connectivity index (χ0n) is 13.0. The lowest BCUT2D eigenvalue weighted by atomic mass is 10.0. The van der Waals surface area contributed by atoms with Crippen LogP contribution in [0.15, 0.2) is 35.1 Å². The summed E-state index contributed by atoms with van der Waals surface area (Å²) in [5, 5.41) is 7.61. The van der Waals surface area contributed by atoms with Crippen LogP contribution in [0.2, 0.25) is 0 Å². The summed E-state index contributed by atoms with van der Waals surface area (Å²) in [6.07, 6.45) is 1.72. The van der Waals surface area contributed by atoms with Gasteiger partial charge in [0.15, 0.2) is 0 Å². The van der Waals surface area contributed by atoms with Gasteiger partial charge in [-0.25, -0.2) is 4.68 Å². The number of hydrogen-bond donors (Lipinski definition) is 1. The molecule has 4 rings (SSSR count). The molecule has 0 bridgehead atoms. The van der Waals surface area contributed by atoms with E-state index in [0.29, 0.717) is 6.61 Å². The highest BCUT2D eigenvalue weighted by Gasteiger charge is 2.38. The van der Waals surface area contributed by atoms with Crippen molar-refractivity contribution in [3.8, 4) is 17.0 Å². The molecule has 2 aliphatic rings. The van der Waals surface area contributed by atoms with Gasteiger partial charge in [-0.1, -0.05) is 0 Å². The van der Waals surface area contributed by atoms with Gasteiger partial charge in [-0.3, -0.25) is 4.79 Å². The lowest BCUT2D eigenvalue weighted by molar-refractivity contribution is -0.218. The fourth-order valence-corrected chi connectivity index (χ4v) is 3.10. The van der Waals surface area contributed by atoms with Crippen molar-refractivity contribution in [2.24, 2.45) is 7.05 Å². The predicted octanol–water partition coefficient (Wildman–Crippen LogP) is 1.44. The Morgan fingerprint density at radius 1 is 1.22 bits per heavy atom. The Balaban J connectivity index is 1.65. The first-order valence-electron chi connectivity index (χ1n) is 7.87. The highest BCUT2D eigenvalue weighted by atomic mass is 16.7. The van der Waals surface area contributed by atoms with Crippen LogP contribution in [-0.2, 0) is 18.4 Å². The molecular weight excluding hydrogens is 294 g/mol. The summed E-state index contributed by atoms with van der Waals surface area (Å²) in [6.45, 7) is 2.36. The molecule has 0 atom stereocenters. The van der Waals surface area contributed by atoms with Gasteiger partial charge in [-0.05, 0) is 24.3 Å². The fourth-order valence-electron chi connectivity index (χ4n) is 3.10. The van der Waals surface area contributed by atoms with Crippen LogP contribution in [-0.4, -0.2) is 28.7 Å². The molecule has 1 saturated heterocycles. The maximum atomic E-state index is 11.5. The molecule has 1 aromatic carbocycles. The molecular formula is C17H19N3O3. The fraction of sp³-hybridized carbons (Fsp3) is 0.412. The van der Waals surface area contributed by atoms with Crippen LogP contribution in [0.1, 0.15) is 18.4 Å². The molecule has 1 spiro atoms. The van der Waals surface area contributed by atoms with E-state index in [4.69, 9.17) is 9.47 Å². The highest BCUT2D eigenvalue weighted by Crippen LogP contribution is 2.37. The van der Waals surface area contributed by atoms with Gasteiger partial charge in [-0.2, -0.15) is 5.10 Å². The van der Waals surface area contributed by atoms with Crippen LogP contribution in [0.5, 0.6) is 5.75 Å². The second-order valence-corrected chi connectivity index (χ2v) is 6.05. The Morgan fingerprint density at radius 3 is 2.83 bits per heavy atom. The first-order chi connectivity index (χ1) is 11.2. The Kier molecular flexibility index (Phi) is 3.43. The van der Waals surface area contributed by atoms with Gasteiger partial charge >= 0.3 is 0 Å². The van der Waals surface area contributed by atoms with Crippen LogP contribution in [0.3, 0.4) is 0 Å². The zero-order valence-corrected chi connectivity index (χ0v) is 13.0. The number of aromatic nitrogens is 2. The van der Waals surface area contributed by atoms with Crippen molar-refractivity contribution >= 4 is 0 Å². The SMILES string of the molecule is Cn1nc(-c2ccc3c(c2)COC2(CCNCC2)O3)ccc1=O. The van der Waals surface area contributed by atoms with Crippen LogP contribution in [0, 0.1) is 0 Å². The molecule has 3 heterocycles. The van der Waals surface area contributed by atoms with Crippen molar-refractivity contribution in [1.82, 2.24) is 15.1 Å². The maximum Gasteiger partial charge on any atom is 0.266 e. The van der Waals surface area contributed by atoms with Crippen molar-refractivity contribution in [2.45, 2.75) is 25.2 Å². The molecule has 0 aliphatic carbocycles. The van der Waals surface area contributed by atoms with Gasteiger partial charge < -0.3 is 14.8 Å². The topological polar surface area (TPSA) is 65.4 Å². The second-order valence-electron chi connectivity index (χ2n) is 6.05. The molecule has 2 aromatic rings. The van der Waals surface area contributed by atoms with Crippen LogP contribution < -0.4 is 15.6 Å². The summed E-state index contributed by atoms with van der Waals surface area (Å²) in [5.41, 5.74) is 2.61. The smallest absolute Gasteiger partial charge is 0.266 e. The normalized spacial score (nSPS) is 19.2. The van der Waals surface area contributed by atoms with Gasteiger partial charge in [0.2, 0.25) is 5.79 Å². The molecule has 23 heavy (non-hydrogen) atoms. The van der Waals surface area contributed by atoms with E-state index in [1.165, 1.54) is 10.7 Å². The third-order valence-corrected chi connectivity index (χ3v) is 4.47. The van der Waals surface area contributed by atoms with E-state index >= 15 is 0 Å². The van der Waals surface area contributed by atoms with Gasteiger partial charge in [0, 0.05) is 50.2 Å². The first-order valence-corrected chi connectivity index (χ1v) is 7.87. The lowest BCUT2D eigenvalue weighted by Gasteiger charge is -2.41. The first kappa shape index (κ1) is 14.4. The molecule has 6 heteroatoms. The number of fused-ring (bicyclic) bond motifs is 1. The Morgan fingerprint density at radius 2 is 2.04 bits per heavy atom. The number of nitrogens with zero attached hydrogens (tertiary/aromatic N) is 2. The van der Waals surface area contributed by atoms with Gasteiger partial charge in [0.1, 0.15) is 5.75 Å². The summed E-state index contributed by atoms with van der Waals surface area (Å²) < 4.78 is 13.5. The maximum absolute atomic E-state index is 11.5. The van der Waals surface area contributed by atoms with E-state index in [9.17, 15) is 4.79 Å². The number of ether oxygens (including phenoxy) is 2. The van der Waals surface area contributed by atoms with Crippen molar-refractivity contribution < 1.29 is 9.47 Å². The molecule has 6 nitrogen and oxygen atoms in total. The van der Waals surface area contributed by atoms with Crippen molar-refractivity contribution in [1.29, 1.82) is 0 Å². The molecule has 0 saturated carbocycles. The van der Waals surface area contributed by atoms with Crippen LogP contribution in [0.4, 0.5) is 0 Å². The molecule has 1 aromatic heterocycles. The quantitative estimate of drug-likeness (QED) is 0.863. The largest absolute Gasteiger partial charge is 0.462 e. The van der Waals surface area contributed by atoms with Crippen molar-refractivity contribution in [3.63, 3.8) is 0 Å². The third kappa shape index (κ3) is 2.64. The monoisotopic (exact) mass is 313 g/mol. The van der Waals surface area contributed by atoms with Gasteiger partial charge in [-0.15, -0.1) is 0 Å². The molecule has 0 unspecified atom stereocenters. The molecule has 1 fully saturated rings. The summed E-state index contributed by atoms with van der Waals surface area (Å²) in [4.78, 5) is 11.5. The zero-order chi connectivity index (χ0) is 15.9. The van der Waals surface area contributed by atoms with Crippen molar-refractivity contribution in [2.75, 3.05) is 13.1 Å². The predicted molar refractivity (Wildman–Crippen MR) is 85.2 cm³/mol. The molecule has 2 aliphatic heterocycles. The van der Waals surface area contributed by atoms with E-state index in [-0.39, 0.29) is 5.56 Å². The minimum absolute atomic E-state index is 0.119. The minimum atomic E-state index is -0.478. The number of benzene rings is 1. The number of piperidine rings is 1. The number of aryl methyl sites for hydroxylation is 1. The Bertz CT molecular complexity index is 794. The number of nitrogens with one attached hydrogen (secondary N) is 1. The number of hydrogen-bond acceptors (Lipinski definition) is 5. The molecule has 120 valence electrons. The molecule has 0 amide bonds. The molecule has 1 N–H and O–H groups in total. The lowest BCUT2D eigenvalue weighted by Crippen LogP contribution is -2.49. The summed E-state index contributed by atoms with van der Waals surface area (Å²) >= 11 is 0. The average Bonchev–Trinajstić information content (AvgIpc) is 2.58. The second kappa shape index (κ2) is 5.47. The van der Waals surface area contributed by atoms with Gasteiger partial charge in [0.25, 0.3) is 5.56 Å². The minimum Gasteiger partial charge on any atom is -0.462 e. The summed E-state index contributed by atoms with van der Waals surface area (Å²) in [6, 6.07) is 9.24. The van der Waals surface area contributed by atoms with E-state index in [1.54, 1.807) is 13.1 Å². The average molecular weight is 313 g/mol. The Labute approximate surface area is 134 Å². The summed E-state index contributed by atoms with van der Waals surface area (Å²) in [7, 11) is 1.65. The Hall–Kier alpha value is -2.18. The number of rotatable bonds is 1. The van der Waals surface area contributed by atoms with Crippen LogP contribution >= 0.6 is 0 Å². The third-order valence-electron chi connectivity index (χ3n) is 4.47. The van der Waals surface area contributed by atoms with E-state index in [1.807, 2.05) is 18.2 Å². The highest BCUT2D eigenvalue weighted by molar-refractivity contribution is 5.61.